The number of pyridine rings is 1. The summed E-state index contributed by atoms with van der Waals surface area (Å²) in [6.45, 7) is 3.71. The lowest BCUT2D eigenvalue weighted by atomic mass is 10.1. The third-order valence-electron chi connectivity index (χ3n) is 4.48. The Hall–Kier alpha value is -3.47. The van der Waals surface area contributed by atoms with Gasteiger partial charge in [-0.05, 0) is 24.6 Å². The third kappa shape index (κ3) is 3.96. The number of anilines is 1. The Kier molecular flexibility index (Phi) is 5.13. The van der Waals surface area contributed by atoms with Gasteiger partial charge in [0.15, 0.2) is 6.04 Å². The van der Waals surface area contributed by atoms with Gasteiger partial charge >= 0.3 is 12.1 Å². The summed E-state index contributed by atoms with van der Waals surface area (Å²) in [5.74, 6) is -0.911. The van der Waals surface area contributed by atoms with Crippen LogP contribution in [0.4, 0.5) is 24.7 Å². The lowest BCUT2D eigenvalue weighted by Crippen LogP contribution is -2.36. The average molecular weight is 447 g/mol. The smallest absolute Gasteiger partial charge is 0.417 e. The summed E-state index contributed by atoms with van der Waals surface area (Å²) in [4.78, 5) is 7.97. The molecule has 0 atom stereocenters. The number of nitrogen functional groups attached to an aromatic ring is 1. The van der Waals surface area contributed by atoms with E-state index in [1.54, 1.807) is 30.3 Å². The molecule has 4 aromatic rings. The second kappa shape index (κ2) is 7.65. The van der Waals surface area contributed by atoms with Crippen LogP contribution >= 0.6 is 11.3 Å². The number of halogens is 3. The van der Waals surface area contributed by atoms with Gasteiger partial charge in [0, 0.05) is 16.8 Å². The van der Waals surface area contributed by atoms with Crippen molar-refractivity contribution in [1.82, 2.24) is 10.3 Å². The first-order valence-electron chi connectivity index (χ1n) is 9.15. The maximum absolute atomic E-state index is 13.8. The zero-order chi connectivity index (χ0) is 22.3. The monoisotopic (exact) mass is 447 g/mol. The fourth-order valence-corrected chi connectivity index (χ4v) is 3.96. The van der Waals surface area contributed by atoms with Crippen LogP contribution in [0.25, 0.3) is 21.5 Å². The maximum Gasteiger partial charge on any atom is 0.417 e. The number of benzene rings is 1. The molecule has 0 aliphatic heterocycles. The van der Waals surface area contributed by atoms with E-state index in [2.05, 4.69) is 15.2 Å². The highest BCUT2D eigenvalue weighted by molar-refractivity contribution is 7.21. The van der Waals surface area contributed by atoms with Crippen molar-refractivity contribution in [3.8, 4) is 11.3 Å². The largest absolute Gasteiger partial charge is 0.857 e. The van der Waals surface area contributed by atoms with Crippen molar-refractivity contribution in [2.24, 2.45) is 4.99 Å². The van der Waals surface area contributed by atoms with Crippen LogP contribution in [0.1, 0.15) is 30.3 Å². The molecule has 0 saturated carbocycles. The summed E-state index contributed by atoms with van der Waals surface area (Å²) >= 11 is 0.755. The highest BCUT2D eigenvalue weighted by Crippen LogP contribution is 2.43. The van der Waals surface area contributed by atoms with Crippen LogP contribution in [0, 0.1) is 0 Å². The first-order valence-corrected chi connectivity index (χ1v) is 9.96. The maximum atomic E-state index is 13.8. The van der Waals surface area contributed by atoms with Crippen molar-refractivity contribution >= 4 is 39.0 Å². The van der Waals surface area contributed by atoms with Gasteiger partial charge in [-0.3, -0.25) is 4.52 Å². The number of hydrogen-bond donors (Lipinski definition) is 1. The van der Waals surface area contributed by atoms with Crippen molar-refractivity contribution in [2.45, 2.75) is 26.1 Å². The average Bonchev–Trinajstić information content (AvgIpc) is 3.32. The minimum Gasteiger partial charge on any atom is -0.857 e. The summed E-state index contributed by atoms with van der Waals surface area (Å²) in [6, 6.07) is 9.38. The Labute approximate surface area is 178 Å². The van der Waals surface area contributed by atoms with Gasteiger partial charge in [-0.25, -0.2) is 9.98 Å². The Morgan fingerprint density at radius 3 is 2.58 bits per heavy atom. The van der Waals surface area contributed by atoms with Crippen molar-refractivity contribution in [3.63, 3.8) is 0 Å². The molecule has 11 heteroatoms. The molecule has 7 nitrogen and oxygen atoms in total. The van der Waals surface area contributed by atoms with E-state index < -0.39 is 17.6 Å². The Balaban J connectivity index is 1.88. The number of fused-ring (bicyclic) bond motifs is 1. The minimum absolute atomic E-state index is 0.000424. The molecule has 3 heterocycles. The molecule has 2 N–H and O–H groups in total. The Morgan fingerprint density at radius 2 is 1.97 bits per heavy atom. The number of aliphatic imine (C=N–C) groups is 1. The lowest BCUT2D eigenvalue weighted by molar-refractivity contribution is -0.779. The van der Waals surface area contributed by atoms with Crippen molar-refractivity contribution in [1.29, 1.82) is 0 Å². The number of rotatable bonds is 4. The van der Waals surface area contributed by atoms with E-state index in [9.17, 15) is 18.3 Å². The Morgan fingerprint density at radius 1 is 1.26 bits per heavy atom. The number of thiophene rings is 1. The molecular formula is C20H16F3N5O2S. The fourth-order valence-electron chi connectivity index (χ4n) is 2.95. The van der Waals surface area contributed by atoms with E-state index in [1.165, 1.54) is 10.9 Å². The molecule has 3 aromatic heterocycles. The van der Waals surface area contributed by atoms with Crippen LogP contribution in [-0.4, -0.2) is 16.2 Å². The minimum atomic E-state index is -4.69. The normalized spacial score (nSPS) is 12.8. The lowest BCUT2D eigenvalue weighted by Gasteiger charge is -2.12. The molecule has 0 radical (unpaired) electrons. The van der Waals surface area contributed by atoms with E-state index >= 15 is 0 Å². The highest BCUT2D eigenvalue weighted by Gasteiger charge is 2.35. The number of nitrogens with two attached hydrogens (primary N) is 1. The topological polar surface area (TPSA) is 104 Å². The first-order chi connectivity index (χ1) is 14.6. The third-order valence-corrected chi connectivity index (χ3v) is 5.57. The van der Waals surface area contributed by atoms with Gasteiger partial charge in [0.2, 0.25) is 5.27 Å². The predicted octanol–water partition coefficient (Wildman–Crippen LogP) is 3.86. The molecule has 31 heavy (non-hydrogen) atoms. The van der Waals surface area contributed by atoms with E-state index in [1.807, 2.05) is 13.8 Å². The van der Waals surface area contributed by atoms with Crippen LogP contribution in [0.15, 0.2) is 52.1 Å². The molecule has 0 aliphatic carbocycles. The van der Waals surface area contributed by atoms with E-state index in [0.29, 0.717) is 5.56 Å². The summed E-state index contributed by atoms with van der Waals surface area (Å²) in [6.07, 6.45) is -3.27. The van der Waals surface area contributed by atoms with Crippen LogP contribution in [-0.2, 0) is 6.18 Å². The Bertz CT molecular complexity index is 1280. The predicted molar refractivity (Wildman–Crippen MR) is 108 cm³/mol. The van der Waals surface area contributed by atoms with Crippen molar-refractivity contribution < 1.29 is 27.5 Å². The summed E-state index contributed by atoms with van der Waals surface area (Å²) in [5, 5.41) is 16.1. The van der Waals surface area contributed by atoms with Crippen molar-refractivity contribution in [3.05, 3.63) is 53.0 Å². The van der Waals surface area contributed by atoms with Crippen molar-refractivity contribution in [2.75, 3.05) is 5.73 Å². The van der Waals surface area contributed by atoms with Crippen LogP contribution in [0.3, 0.4) is 0 Å². The molecule has 4 rings (SSSR count). The van der Waals surface area contributed by atoms with Crippen LogP contribution in [0.2, 0.25) is 0 Å². The quantitative estimate of drug-likeness (QED) is 0.291. The molecule has 0 fully saturated rings. The highest BCUT2D eigenvalue weighted by atomic mass is 32.1. The van der Waals surface area contributed by atoms with E-state index in [4.69, 9.17) is 10.3 Å². The van der Waals surface area contributed by atoms with E-state index in [0.717, 1.165) is 17.4 Å². The number of hydrogen-bond acceptors (Lipinski definition) is 7. The second-order valence-electron chi connectivity index (χ2n) is 6.97. The van der Waals surface area contributed by atoms with Gasteiger partial charge in [-0.15, -0.1) is 11.3 Å². The number of alkyl halides is 3. The van der Waals surface area contributed by atoms with Crippen LogP contribution in [0.5, 0.6) is 0 Å². The van der Waals surface area contributed by atoms with Crippen LogP contribution < -0.4 is 15.5 Å². The molecule has 0 bridgehead atoms. The summed E-state index contributed by atoms with van der Waals surface area (Å²) in [5.41, 5.74) is 5.34. The molecular weight excluding hydrogens is 431 g/mol. The van der Waals surface area contributed by atoms with Gasteiger partial charge in [0.05, 0.1) is 21.8 Å². The first kappa shape index (κ1) is 20.8. The summed E-state index contributed by atoms with van der Waals surface area (Å²) in [7, 11) is 0. The molecule has 1 aromatic carbocycles. The van der Waals surface area contributed by atoms with Gasteiger partial charge in [-0.1, -0.05) is 30.3 Å². The molecule has 160 valence electrons. The van der Waals surface area contributed by atoms with Gasteiger partial charge in [0.1, 0.15) is 4.83 Å². The molecule has 0 aliphatic rings. The molecule has 0 saturated heterocycles. The van der Waals surface area contributed by atoms with Gasteiger partial charge in [-0.2, -0.15) is 13.2 Å². The SMILES string of the molecule is CC(C)[n+]1cc(/N=C(\[O-])c2sc3nc(-c4ccccc4)cc(C(F)(F)F)c3c2N)on1. The zero-order valence-electron chi connectivity index (χ0n) is 16.3. The molecule has 0 unspecified atom stereocenters. The molecule has 0 spiro atoms. The summed E-state index contributed by atoms with van der Waals surface area (Å²) < 4.78 is 47.9. The standard InChI is InChI=1S/C20H16F3N5O2S/c1-10(2)28-9-14(30-27-28)26-18(29)17-16(24)15-12(20(21,22)23)8-13(25-19(15)31-17)11-6-4-3-5-7-11/h3-10H,1-2H3,(H2-,24,26,27,29). The second-order valence-corrected chi connectivity index (χ2v) is 7.97. The van der Waals surface area contributed by atoms with Gasteiger partial charge in [0.25, 0.3) is 6.20 Å². The zero-order valence-corrected chi connectivity index (χ0v) is 17.2. The van der Waals surface area contributed by atoms with E-state index in [-0.39, 0.29) is 38.4 Å². The molecule has 0 amide bonds. The number of aromatic nitrogens is 3. The number of nitrogens with zero attached hydrogens (tertiary/aromatic N) is 4. The fraction of sp³-hybridized carbons (Fsp3) is 0.200. The van der Waals surface area contributed by atoms with Gasteiger partial charge < -0.3 is 10.8 Å².